The minimum atomic E-state index is -2.77. The third-order valence-corrected chi connectivity index (χ3v) is 4.28. The minimum absolute atomic E-state index is 0. The number of allylic oxidation sites excluding steroid dienone is 2. The van der Waals surface area contributed by atoms with Crippen LogP contribution in [0.15, 0.2) is 22.6 Å². The normalized spacial score (nSPS) is 21.4. The first kappa shape index (κ1) is 28.7. The van der Waals surface area contributed by atoms with Crippen molar-refractivity contribution in [1.82, 2.24) is 4.90 Å². The summed E-state index contributed by atoms with van der Waals surface area (Å²) in [5.74, 6) is 1.67. The fraction of sp³-hybridized carbons (Fsp3) is 0.737. The van der Waals surface area contributed by atoms with Crippen molar-refractivity contribution < 1.29 is 18.3 Å². The van der Waals surface area contributed by atoms with Gasteiger partial charge in [-0.25, -0.2) is 8.78 Å². The molecule has 2 atom stereocenters. The molecule has 1 saturated carbocycles. The van der Waals surface area contributed by atoms with E-state index in [1.165, 1.54) is 32.4 Å². The van der Waals surface area contributed by atoms with E-state index in [2.05, 4.69) is 16.7 Å². The van der Waals surface area contributed by atoms with Crippen molar-refractivity contribution in [1.29, 1.82) is 0 Å². The zero-order chi connectivity index (χ0) is 21.2. The molecule has 28 heavy (non-hydrogen) atoms. The predicted molar refractivity (Wildman–Crippen MR) is 111 cm³/mol. The number of hydrogen-bond donors (Lipinski definition) is 3. The molecule has 6 nitrogen and oxygen atoms in total. The molecule has 0 aromatic rings. The summed E-state index contributed by atoms with van der Waals surface area (Å²) in [5, 5.41) is -0.284. The molecule has 166 valence electrons. The van der Waals surface area contributed by atoms with Gasteiger partial charge in [0, 0.05) is 13.1 Å². The summed E-state index contributed by atoms with van der Waals surface area (Å²) in [5.41, 5.74) is 13.9. The molecule has 9 heteroatoms. The highest BCUT2D eigenvalue weighted by Crippen LogP contribution is 2.36. The zero-order valence-corrected chi connectivity index (χ0v) is 17.3. The Bertz CT molecular complexity index is 503. The Balaban J connectivity index is 0. The first-order valence-corrected chi connectivity index (χ1v) is 9.21. The van der Waals surface area contributed by atoms with Crippen molar-refractivity contribution in [2.24, 2.45) is 29.0 Å². The predicted octanol–water partition coefficient (Wildman–Crippen LogP) is 3.36. The Morgan fingerprint density at radius 1 is 1.18 bits per heavy atom. The van der Waals surface area contributed by atoms with Crippen molar-refractivity contribution >= 4 is 18.1 Å². The van der Waals surface area contributed by atoms with Crippen LogP contribution >= 0.6 is 11.6 Å². The number of carbonyl (C=O) groups is 1. The molecule has 2 rings (SSSR count). The van der Waals surface area contributed by atoms with Gasteiger partial charge >= 0.3 is 0 Å². The van der Waals surface area contributed by atoms with Gasteiger partial charge in [-0.3, -0.25) is 4.79 Å². The van der Waals surface area contributed by atoms with Crippen molar-refractivity contribution in [3.63, 3.8) is 0 Å². The highest BCUT2D eigenvalue weighted by atomic mass is 35.5. The fourth-order valence-electron chi connectivity index (χ4n) is 3.03. The molecule has 0 aromatic carbocycles. The number of alkyl halides is 2. The fourth-order valence-corrected chi connectivity index (χ4v) is 3.15. The van der Waals surface area contributed by atoms with Crippen LogP contribution in [0.3, 0.4) is 0 Å². The van der Waals surface area contributed by atoms with Crippen LogP contribution in [0.25, 0.3) is 0 Å². The molecule has 0 radical (unpaired) electrons. The van der Waals surface area contributed by atoms with Crippen LogP contribution in [0.2, 0.25) is 0 Å². The first-order valence-electron chi connectivity index (χ1n) is 8.83. The lowest BCUT2D eigenvalue weighted by Gasteiger charge is -2.14. The molecule has 2 aliphatic rings. The molecule has 1 heterocycles. The standard InChI is InChI=1S/C8H15N.C5H8ClF2N3.C5H10O2.CH4/c1-9-5-7-3-2-4-8(7)6-9;6-3(9)1-2(4(7)8)5(10)11;1-5(2,3)7-4-6;/h7-8H,2-6H2,1H3;1,4H,9-11H2;4H,1-3H3;1H4/b;3-1-;;. The average Bonchev–Trinajstić information content (AvgIpc) is 3.04. The topological polar surface area (TPSA) is 108 Å². The SMILES string of the molecule is C.CC(C)(C)OC=O.CN1CC2CCCC2C1.NC(N)=C(/C=C(\N)Cl)C(F)F. The second kappa shape index (κ2) is 13.6. The molecule has 0 spiro atoms. The van der Waals surface area contributed by atoms with Gasteiger partial charge in [-0.15, -0.1) is 0 Å². The van der Waals surface area contributed by atoms with Crippen LogP contribution in [-0.2, 0) is 9.53 Å². The quantitative estimate of drug-likeness (QED) is 0.363. The van der Waals surface area contributed by atoms with Gasteiger partial charge in [-0.1, -0.05) is 25.4 Å². The highest BCUT2D eigenvalue weighted by Gasteiger charge is 2.33. The van der Waals surface area contributed by atoms with Crippen molar-refractivity contribution in [3.8, 4) is 0 Å². The van der Waals surface area contributed by atoms with E-state index in [-0.39, 0.29) is 18.2 Å². The van der Waals surface area contributed by atoms with Crippen LogP contribution in [0, 0.1) is 11.8 Å². The van der Waals surface area contributed by atoms with Crippen LogP contribution in [0.5, 0.6) is 0 Å². The molecule has 6 N–H and O–H groups in total. The summed E-state index contributed by atoms with van der Waals surface area (Å²) < 4.78 is 28.4. The lowest BCUT2D eigenvalue weighted by Crippen LogP contribution is -2.17. The lowest BCUT2D eigenvalue weighted by atomic mass is 10.0. The molecule has 1 saturated heterocycles. The number of hydrogen-bond acceptors (Lipinski definition) is 6. The van der Waals surface area contributed by atoms with E-state index >= 15 is 0 Å². The summed E-state index contributed by atoms with van der Waals surface area (Å²) in [4.78, 5) is 12.1. The molecule has 0 aromatic heterocycles. The number of nitrogens with zero attached hydrogens (tertiary/aromatic N) is 1. The molecule has 2 fully saturated rings. The number of fused-ring (bicyclic) bond motifs is 1. The molecular formula is C19H37ClF2N4O2. The summed E-state index contributed by atoms with van der Waals surface area (Å²) in [6.45, 7) is 8.68. The molecular weight excluding hydrogens is 390 g/mol. The van der Waals surface area contributed by atoms with Gasteiger partial charge in [0.2, 0.25) is 0 Å². The molecule has 0 bridgehead atoms. The second-order valence-electron chi connectivity index (χ2n) is 7.74. The Kier molecular flexibility index (Phi) is 13.9. The number of halogens is 3. The first-order chi connectivity index (χ1) is 12.4. The lowest BCUT2D eigenvalue weighted by molar-refractivity contribution is -0.138. The van der Waals surface area contributed by atoms with Gasteiger partial charge in [0.25, 0.3) is 12.9 Å². The van der Waals surface area contributed by atoms with E-state index in [1.54, 1.807) is 0 Å². The third-order valence-electron chi connectivity index (χ3n) is 4.17. The number of carbonyl (C=O) groups excluding carboxylic acids is 1. The van der Waals surface area contributed by atoms with Crippen LogP contribution < -0.4 is 17.2 Å². The number of nitrogens with two attached hydrogens (primary N) is 3. The van der Waals surface area contributed by atoms with Crippen LogP contribution in [0.4, 0.5) is 8.78 Å². The van der Waals surface area contributed by atoms with Crippen LogP contribution in [-0.4, -0.2) is 43.5 Å². The second-order valence-corrected chi connectivity index (χ2v) is 8.18. The Morgan fingerprint density at radius 3 is 1.86 bits per heavy atom. The molecule has 0 amide bonds. The van der Waals surface area contributed by atoms with E-state index in [4.69, 9.17) is 28.8 Å². The maximum absolute atomic E-state index is 11.9. The van der Waals surface area contributed by atoms with E-state index in [1.807, 2.05) is 20.8 Å². The maximum atomic E-state index is 11.9. The Labute approximate surface area is 173 Å². The number of likely N-dealkylation sites (tertiary alicyclic amines) is 1. The summed E-state index contributed by atoms with van der Waals surface area (Å²) in [7, 11) is 2.25. The molecule has 1 aliphatic heterocycles. The molecule has 1 aliphatic carbocycles. The van der Waals surface area contributed by atoms with Gasteiger partial charge < -0.3 is 26.8 Å². The third kappa shape index (κ3) is 12.8. The maximum Gasteiger partial charge on any atom is 0.293 e. The van der Waals surface area contributed by atoms with Crippen LogP contribution in [0.1, 0.15) is 47.5 Å². The van der Waals surface area contributed by atoms with Crippen molar-refractivity contribution in [2.75, 3.05) is 20.1 Å². The van der Waals surface area contributed by atoms with Gasteiger partial charge in [0.15, 0.2) is 0 Å². The Hall–Kier alpha value is -1.54. The summed E-state index contributed by atoms with van der Waals surface area (Å²) in [6.07, 6.45) is 2.58. The monoisotopic (exact) mass is 426 g/mol. The zero-order valence-electron chi connectivity index (χ0n) is 16.6. The van der Waals surface area contributed by atoms with E-state index < -0.39 is 17.8 Å². The smallest absolute Gasteiger partial charge is 0.293 e. The van der Waals surface area contributed by atoms with Gasteiger partial charge in [0.1, 0.15) is 11.4 Å². The van der Waals surface area contributed by atoms with Gasteiger partial charge in [0.05, 0.1) is 10.7 Å². The summed E-state index contributed by atoms with van der Waals surface area (Å²) in [6, 6.07) is 0. The molecule has 2 unspecified atom stereocenters. The van der Waals surface area contributed by atoms with E-state index in [0.717, 1.165) is 17.9 Å². The number of ether oxygens (including phenoxy) is 1. The number of rotatable bonds is 3. The van der Waals surface area contributed by atoms with Crippen molar-refractivity contribution in [3.05, 3.63) is 22.6 Å². The minimum Gasteiger partial charge on any atom is -0.462 e. The van der Waals surface area contributed by atoms with Crippen molar-refractivity contribution in [2.45, 2.75) is 59.5 Å². The average molecular weight is 427 g/mol. The van der Waals surface area contributed by atoms with E-state index in [0.29, 0.717) is 6.47 Å². The van der Waals surface area contributed by atoms with E-state index in [9.17, 15) is 13.6 Å². The van der Waals surface area contributed by atoms with Gasteiger partial charge in [-0.2, -0.15) is 0 Å². The summed E-state index contributed by atoms with van der Waals surface area (Å²) >= 11 is 5.12. The largest absolute Gasteiger partial charge is 0.462 e. The highest BCUT2D eigenvalue weighted by molar-refractivity contribution is 6.29. The van der Waals surface area contributed by atoms with Gasteiger partial charge in [-0.05, 0) is 58.6 Å². The Morgan fingerprint density at radius 2 is 1.64 bits per heavy atom.